The zero-order valence-corrected chi connectivity index (χ0v) is 14.9. The highest BCUT2D eigenvalue weighted by atomic mass is 16.2. The minimum Gasteiger partial charge on any atom is -0.334 e. The fourth-order valence-corrected chi connectivity index (χ4v) is 3.88. The molecule has 1 amide bonds. The minimum atomic E-state index is -0.0193. The van der Waals surface area contributed by atoms with E-state index in [0.29, 0.717) is 11.2 Å². The Morgan fingerprint density at radius 1 is 1.28 bits per heavy atom. The number of amides is 1. The van der Waals surface area contributed by atoms with Crippen LogP contribution in [0.15, 0.2) is 36.5 Å². The van der Waals surface area contributed by atoms with Crippen LogP contribution in [0.3, 0.4) is 0 Å². The smallest absolute Gasteiger partial charge is 0.259 e. The van der Waals surface area contributed by atoms with E-state index in [2.05, 4.69) is 34.3 Å². The van der Waals surface area contributed by atoms with Gasteiger partial charge in [-0.2, -0.15) is 5.10 Å². The molecule has 4 rings (SSSR count). The summed E-state index contributed by atoms with van der Waals surface area (Å²) in [6, 6.07) is 10.5. The second-order valence-electron chi connectivity index (χ2n) is 6.86. The quantitative estimate of drug-likeness (QED) is 0.721. The lowest BCUT2D eigenvalue weighted by molar-refractivity contribution is 0.0717. The Bertz CT molecular complexity index is 959. The van der Waals surface area contributed by atoms with Crippen molar-refractivity contribution in [2.45, 2.75) is 39.2 Å². The van der Waals surface area contributed by atoms with Gasteiger partial charge in [-0.1, -0.05) is 24.3 Å². The van der Waals surface area contributed by atoms with Crippen molar-refractivity contribution in [2.75, 3.05) is 7.05 Å². The van der Waals surface area contributed by atoms with E-state index in [4.69, 9.17) is 0 Å². The Hall–Kier alpha value is -2.69. The summed E-state index contributed by atoms with van der Waals surface area (Å²) in [5.41, 5.74) is 5.69. The van der Waals surface area contributed by atoms with Crippen LogP contribution in [0.25, 0.3) is 5.65 Å². The molecule has 0 saturated carbocycles. The summed E-state index contributed by atoms with van der Waals surface area (Å²) in [7, 11) is 1.89. The Morgan fingerprint density at radius 2 is 2.08 bits per heavy atom. The van der Waals surface area contributed by atoms with Gasteiger partial charge in [0, 0.05) is 18.4 Å². The van der Waals surface area contributed by atoms with Gasteiger partial charge >= 0.3 is 0 Å². The van der Waals surface area contributed by atoms with Crippen LogP contribution in [0.1, 0.15) is 51.8 Å². The van der Waals surface area contributed by atoms with Crippen molar-refractivity contribution in [2.24, 2.45) is 0 Å². The summed E-state index contributed by atoms with van der Waals surface area (Å²) < 4.78 is 1.74. The van der Waals surface area contributed by atoms with Crippen molar-refractivity contribution in [3.8, 4) is 0 Å². The number of aromatic nitrogens is 3. The predicted octanol–water partition coefficient (Wildman–Crippen LogP) is 3.50. The summed E-state index contributed by atoms with van der Waals surface area (Å²) in [4.78, 5) is 19.6. The van der Waals surface area contributed by atoms with Gasteiger partial charge in [0.2, 0.25) is 0 Å². The third-order valence-corrected chi connectivity index (χ3v) is 5.13. The second-order valence-corrected chi connectivity index (χ2v) is 6.86. The molecule has 2 heterocycles. The first-order valence-corrected chi connectivity index (χ1v) is 8.73. The molecule has 1 unspecified atom stereocenters. The average molecular weight is 334 g/mol. The van der Waals surface area contributed by atoms with Gasteiger partial charge in [-0.15, -0.1) is 0 Å². The van der Waals surface area contributed by atoms with Crippen molar-refractivity contribution in [1.29, 1.82) is 0 Å². The lowest BCUT2D eigenvalue weighted by Crippen LogP contribution is -2.33. The molecule has 0 spiro atoms. The standard InChI is InChI=1S/C20H22N4O/c1-13-11-14(2)24-19(22-13)17(12-21-24)20(25)23(3)18-10-6-8-15-7-4-5-9-16(15)18/h4-5,7,9,11-12,18H,6,8,10H2,1-3H3. The maximum atomic E-state index is 13.2. The van der Waals surface area contributed by atoms with E-state index in [9.17, 15) is 4.79 Å². The third kappa shape index (κ3) is 2.60. The van der Waals surface area contributed by atoms with E-state index in [0.717, 1.165) is 30.7 Å². The molecular formula is C20H22N4O. The molecule has 1 aliphatic rings. The molecule has 3 aromatic rings. The van der Waals surface area contributed by atoms with Gasteiger partial charge in [-0.3, -0.25) is 4.79 Å². The largest absolute Gasteiger partial charge is 0.334 e. The Balaban J connectivity index is 1.73. The normalized spacial score (nSPS) is 16.7. The number of nitrogens with zero attached hydrogens (tertiary/aromatic N) is 4. The van der Waals surface area contributed by atoms with Gasteiger partial charge in [-0.05, 0) is 50.3 Å². The van der Waals surface area contributed by atoms with E-state index >= 15 is 0 Å². The highest BCUT2D eigenvalue weighted by molar-refractivity contribution is 5.99. The van der Waals surface area contributed by atoms with Gasteiger partial charge in [0.1, 0.15) is 5.56 Å². The molecule has 25 heavy (non-hydrogen) atoms. The topological polar surface area (TPSA) is 50.5 Å². The van der Waals surface area contributed by atoms with Crippen molar-refractivity contribution < 1.29 is 4.79 Å². The molecule has 0 N–H and O–H groups in total. The molecule has 2 aromatic heterocycles. The van der Waals surface area contributed by atoms with Gasteiger partial charge in [0.05, 0.1) is 12.2 Å². The Kier molecular flexibility index (Phi) is 3.79. The number of carbonyl (C=O) groups is 1. The van der Waals surface area contributed by atoms with E-state index in [1.54, 1.807) is 10.7 Å². The van der Waals surface area contributed by atoms with Gasteiger partial charge in [0.15, 0.2) is 5.65 Å². The van der Waals surface area contributed by atoms with Crippen LogP contribution in [-0.4, -0.2) is 32.5 Å². The van der Waals surface area contributed by atoms with E-state index in [-0.39, 0.29) is 11.9 Å². The Labute approximate surface area is 147 Å². The van der Waals surface area contributed by atoms with Crippen LogP contribution in [0.5, 0.6) is 0 Å². The highest BCUT2D eigenvalue weighted by Gasteiger charge is 2.29. The first-order chi connectivity index (χ1) is 12.1. The minimum absolute atomic E-state index is 0.0193. The van der Waals surface area contributed by atoms with Crippen molar-refractivity contribution >= 4 is 11.6 Å². The fraction of sp³-hybridized carbons (Fsp3) is 0.350. The van der Waals surface area contributed by atoms with Gasteiger partial charge < -0.3 is 4.90 Å². The van der Waals surface area contributed by atoms with Crippen LogP contribution >= 0.6 is 0 Å². The van der Waals surface area contributed by atoms with Crippen LogP contribution in [0.4, 0.5) is 0 Å². The zero-order chi connectivity index (χ0) is 17.6. The van der Waals surface area contributed by atoms with Gasteiger partial charge in [-0.25, -0.2) is 9.50 Å². The number of hydrogen-bond acceptors (Lipinski definition) is 3. The molecule has 5 nitrogen and oxygen atoms in total. The van der Waals surface area contributed by atoms with Crippen LogP contribution in [-0.2, 0) is 6.42 Å². The number of rotatable bonds is 2. The fourth-order valence-electron chi connectivity index (χ4n) is 3.88. The number of hydrogen-bond donors (Lipinski definition) is 0. The molecule has 1 aromatic carbocycles. The summed E-state index contributed by atoms with van der Waals surface area (Å²) in [5, 5.41) is 4.36. The van der Waals surface area contributed by atoms with Crippen LogP contribution < -0.4 is 0 Å². The van der Waals surface area contributed by atoms with Gasteiger partial charge in [0.25, 0.3) is 5.91 Å². The maximum absolute atomic E-state index is 13.2. The van der Waals surface area contributed by atoms with E-state index in [1.165, 1.54) is 11.1 Å². The summed E-state index contributed by atoms with van der Waals surface area (Å²) in [6.45, 7) is 3.92. The first kappa shape index (κ1) is 15.8. The van der Waals surface area contributed by atoms with Crippen LogP contribution in [0, 0.1) is 13.8 Å². The molecule has 128 valence electrons. The zero-order valence-electron chi connectivity index (χ0n) is 14.9. The molecular weight excluding hydrogens is 312 g/mol. The molecule has 5 heteroatoms. The lowest BCUT2D eigenvalue weighted by Gasteiger charge is -2.33. The molecule has 0 fully saturated rings. The highest BCUT2D eigenvalue weighted by Crippen LogP contribution is 2.34. The molecule has 0 bridgehead atoms. The monoisotopic (exact) mass is 334 g/mol. The predicted molar refractivity (Wildman–Crippen MR) is 96.7 cm³/mol. The van der Waals surface area contributed by atoms with Crippen LogP contribution in [0.2, 0.25) is 0 Å². The molecule has 1 aliphatic carbocycles. The number of aryl methyl sites for hydroxylation is 3. The first-order valence-electron chi connectivity index (χ1n) is 8.73. The molecule has 0 saturated heterocycles. The Morgan fingerprint density at radius 3 is 2.92 bits per heavy atom. The lowest BCUT2D eigenvalue weighted by atomic mass is 9.87. The average Bonchev–Trinajstić information content (AvgIpc) is 3.04. The number of fused-ring (bicyclic) bond motifs is 2. The van der Waals surface area contributed by atoms with E-state index in [1.807, 2.05) is 31.9 Å². The maximum Gasteiger partial charge on any atom is 0.259 e. The summed E-state index contributed by atoms with van der Waals surface area (Å²) in [6.07, 6.45) is 4.82. The second kappa shape index (κ2) is 5.99. The molecule has 1 atom stereocenters. The van der Waals surface area contributed by atoms with E-state index < -0.39 is 0 Å². The van der Waals surface area contributed by atoms with Crippen molar-refractivity contribution in [1.82, 2.24) is 19.5 Å². The SMILES string of the molecule is Cc1cc(C)n2ncc(C(=O)N(C)C3CCCc4ccccc43)c2n1. The summed E-state index contributed by atoms with van der Waals surface area (Å²) >= 11 is 0. The molecule has 0 radical (unpaired) electrons. The number of benzene rings is 1. The van der Waals surface area contributed by atoms with Crippen molar-refractivity contribution in [3.05, 3.63) is 64.6 Å². The third-order valence-electron chi connectivity index (χ3n) is 5.13. The number of carbonyl (C=O) groups excluding carboxylic acids is 1. The molecule has 0 aliphatic heterocycles. The van der Waals surface area contributed by atoms with Crippen molar-refractivity contribution in [3.63, 3.8) is 0 Å². The summed E-state index contributed by atoms with van der Waals surface area (Å²) in [5.74, 6) is -0.0193.